The van der Waals surface area contributed by atoms with E-state index in [1.54, 1.807) is 49.4 Å². The molecular formula is C22H19NO6. The van der Waals surface area contributed by atoms with Gasteiger partial charge in [0, 0.05) is 5.70 Å². The van der Waals surface area contributed by atoms with Gasteiger partial charge in [-0.25, -0.2) is 9.59 Å². The topological polar surface area (TPSA) is 93.1 Å². The van der Waals surface area contributed by atoms with Crippen LogP contribution in [-0.4, -0.2) is 37.2 Å². The molecule has 0 aliphatic carbocycles. The maximum absolute atomic E-state index is 13.3. The number of carbonyl (C=O) groups excluding carboxylic acids is 2. The van der Waals surface area contributed by atoms with E-state index in [1.807, 2.05) is 0 Å². The molecule has 0 bridgehead atoms. The molecule has 0 atom stereocenters. The zero-order valence-electron chi connectivity index (χ0n) is 16.1. The van der Waals surface area contributed by atoms with E-state index in [0.717, 1.165) is 0 Å². The molecule has 7 nitrogen and oxygen atoms in total. The minimum absolute atomic E-state index is 0.125. The second-order valence-corrected chi connectivity index (χ2v) is 6.25. The van der Waals surface area contributed by atoms with Gasteiger partial charge in [-0.05, 0) is 42.8 Å². The highest BCUT2D eigenvalue weighted by Crippen LogP contribution is 2.39. The average Bonchev–Trinajstić information content (AvgIpc) is 2.97. The summed E-state index contributed by atoms with van der Waals surface area (Å²) >= 11 is 0. The van der Waals surface area contributed by atoms with Gasteiger partial charge in [0.1, 0.15) is 5.75 Å². The molecule has 0 saturated heterocycles. The lowest BCUT2D eigenvalue weighted by Gasteiger charge is -2.20. The van der Waals surface area contributed by atoms with Crippen molar-refractivity contribution in [3.63, 3.8) is 0 Å². The van der Waals surface area contributed by atoms with Gasteiger partial charge in [0.05, 0.1) is 36.6 Å². The van der Waals surface area contributed by atoms with Gasteiger partial charge in [-0.1, -0.05) is 24.3 Å². The predicted molar refractivity (Wildman–Crippen MR) is 107 cm³/mol. The van der Waals surface area contributed by atoms with Gasteiger partial charge in [0.25, 0.3) is 5.91 Å². The van der Waals surface area contributed by atoms with Gasteiger partial charge in [0.15, 0.2) is 0 Å². The highest BCUT2D eigenvalue weighted by Gasteiger charge is 2.38. The number of methoxy groups -OCH3 is 2. The van der Waals surface area contributed by atoms with E-state index in [9.17, 15) is 14.4 Å². The molecular weight excluding hydrogens is 374 g/mol. The molecule has 3 rings (SSSR count). The molecule has 1 heterocycles. The van der Waals surface area contributed by atoms with Gasteiger partial charge in [-0.15, -0.1) is 0 Å². The standard InChI is InChI=1S/C22H19NO6/c1-13-19(22(27)29-3)16(12-14-8-10-15(11-9-14)21(25)26)20(24)23(13)17-6-4-5-7-18(17)28-2/h4-12H,1-3H3,(H,25,26)/b16-12-. The number of allylic oxidation sites excluding steroid dienone is 1. The number of carbonyl (C=O) groups is 3. The van der Waals surface area contributed by atoms with Crippen LogP contribution in [0.25, 0.3) is 6.08 Å². The zero-order valence-corrected chi connectivity index (χ0v) is 16.1. The number of carboxylic acids is 1. The smallest absolute Gasteiger partial charge is 0.340 e. The molecule has 2 aromatic carbocycles. The maximum atomic E-state index is 13.3. The first kappa shape index (κ1) is 19.9. The Labute approximate surface area is 167 Å². The molecule has 0 fully saturated rings. The van der Waals surface area contributed by atoms with Crippen molar-refractivity contribution in [1.29, 1.82) is 0 Å². The Kier molecular flexibility index (Phi) is 5.50. The van der Waals surface area contributed by atoms with E-state index in [4.69, 9.17) is 14.6 Å². The summed E-state index contributed by atoms with van der Waals surface area (Å²) in [4.78, 5) is 38.1. The molecule has 148 valence electrons. The average molecular weight is 393 g/mol. The van der Waals surface area contributed by atoms with Gasteiger partial charge in [-0.3, -0.25) is 9.69 Å². The molecule has 0 spiro atoms. The van der Waals surface area contributed by atoms with Crippen molar-refractivity contribution in [2.75, 3.05) is 19.1 Å². The number of anilines is 1. The molecule has 29 heavy (non-hydrogen) atoms. The Morgan fingerprint density at radius 1 is 1.03 bits per heavy atom. The van der Waals surface area contributed by atoms with Gasteiger partial charge in [-0.2, -0.15) is 0 Å². The minimum Gasteiger partial charge on any atom is -0.495 e. The van der Waals surface area contributed by atoms with Crippen LogP contribution in [0.1, 0.15) is 22.8 Å². The van der Waals surface area contributed by atoms with Crippen molar-refractivity contribution in [1.82, 2.24) is 0 Å². The SMILES string of the molecule is COC(=O)C1=C(C)N(c2ccccc2OC)C(=O)/C1=C\c1ccc(C(=O)O)cc1. The number of carboxylic acid groups (broad SMARTS) is 1. The van der Waals surface area contributed by atoms with Gasteiger partial charge >= 0.3 is 11.9 Å². The van der Waals surface area contributed by atoms with Crippen LogP contribution < -0.4 is 9.64 Å². The normalized spacial score (nSPS) is 15.1. The first-order valence-electron chi connectivity index (χ1n) is 8.71. The molecule has 7 heteroatoms. The minimum atomic E-state index is -1.05. The fourth-order valence-electron chi connectivity index (χ4n) is 3.17. The van der Waals surface area contributed by atoms with Crippen LogP contribution in [-0.2, 0) is 14.3 Å². The van der Waals surface area contributed by atoms with Crippen LogP contribution in [0.4, 0.5) is 5.69 Å². The van der Waals surface area contributed by atoms with E-state index in [-0.39, 0.29) is 16.7 Å². The molecule has 0 saturated carbocycles. The van der Waals surface area contributed by atoms with Gasteiger partial charge < -0.3 is 14.6 Å². The lowest BCUT2D eigenvalue weighted by Crippen LogP contribution is -2.25. The molecule has 1 aliphatic heterocycles. The monoisotopic (exact) mass is 393 g/mol. The van der Waals surface area contributed by atoms with Crippen molar-refractivity contribution in [3.05, 3.63) is 76.5 Å². The van der Waals surface area contributed by atoms with Crippen LogP contribution >= 0.6 is 0 Å². The van der Waals surface area contributed by atoms with E-state index in [0.29, 0.717) is 22.7 Å². The number of rotatable bonds is 5. The maximum Gasteiger partial charge on any atom is 0.340 e. The van der Waals surface area contributed by atoms with Crippen LogP contribution in [0.5, 0.6) is 5.75 Å². The number of nitrogens with zero attached hydrogens (tertiary/aromatic N) is 1. The van der Waals surface area contributed by atoms with Gasteiger partial charge in [0.2, 0.25) is 0 Å². The molecule has 1 N–H and O–H groups in total. The lowest BCUT2D eigenvalue weighted by atomic mass is 10.0. The highest BCUT2D eigenvalue weighted by atomic mass is 16.5. The summed E-state index contributed by atoms with van der Waals surface area (Å²) in [6, 6.07) is 13.0. The fraction of sp³-hybridized carbons (Fsp3) is 0.136. The zero-order chi connectivity index (χ0) is 21.1. The number of hydrogen-bond acceptors (Lipinski definition) is 5. The quantitative estimate of drug-likeness (QED) is 0.619. The predicted octanol–water partition coefficient (Wildman–Crippen LogP) is 3.27. The van der Waals surface area contributed by atoms with Crippen molar-refractivity contribution < 1.29 is 29.0 Å². The second kappa shape index (κ2) is 8.02. The molecule has 0 unspecified atom stereocenters. The Balaban J connectivity index is 2.13. The van der Waals surface area contributed by atoms with Crippen molar-refractivity contribution in [3.8, 4) is 5.75 Å². The third-order valence-corrected chi connectivity index (χ3v) is 4.58. The molecule has 1 amide bonds. The van der Waals surface area contributed by atoms with Crippen LogP contribution in [0.15, 0.2) is 65.4 Å². The van der Waals surface area contributed by atoms with Crippen molar-refractivity contribution in [2.45, 2.75) is 6.92 Å². The Bertz CT molecular complexity index is 1050. The number of para-hydroxylation sites is 2. The molecule has 1 aliphatic rings. The first-order chi connectivity index (χ1) is 13.9. The summed E-state index contributed by atoms with van der Waals surface area (Å²) in [7, 11) is 2.75. The lowest BCUT2D eigenvalue weighted by molar-refractivity contribution is -0.136. The number of esters is 1. The molecule has 2 aromatic rings. The van der Waals surface area contributed by atoms with E-state index in [2.05, 4.69) is 0 Å². The molecule has 0 aromatic heterocycles. The van der Waals surface area contributed by atoms with Crippen LogP contribution in [0.2, 0.25) is 0 Å². The van der Waals surface area contributed by atoms with Crippen molar-refractivity contribution >= 4 is 29.6 Å². The summed E-state index contributed by atoms with van der Waals surface area (Å²) in [6.07, 6.45) is 1.54. The number of amides is 1. The summed E-state index contributed by atoms with van der Waals surface area (Å²) in [5.41, 5.74) is 1.92. The van der Waals surface area contributed by atoms with E-state index < -0.39 is 17.8 Å². The van der Waals surface area contributed by atoms with Crippen LogP contribution in [0, 0.1) is 0 Å². The summed E-state index contributed by atoms with van der Waals surface area (Å²) in [5, 5.41) is 9.04. The summed E-state index contributed by atoms with van der Waals surface area (Å²) in [6.45, 7) is 1.66. The largest absolute Gasteiger partial charge is 0.495 e. The third kappa shape index (κ3) is 3.62. The second-order valence-electron chi connectivity index (χ2n) is 6.25. The van der Waals surface area contributed by atoms with E-state index in [1.165, 1.54) is 31.3 Å². The molecule has 0 radical (unpaired) electrons. The van der Waals surface area contributed by atoms with Crippen LogP contribution in [0.3, 0.4) is 0 Å². The summed E-state index contributed by atoms with van der Waals surface area (Å²) in [5.74, 6) is -1.61. The summed E-state index contributed by atoms with van der Waals surface area (Å²) < 4.78 is 10.2. The number of hydrogen-bond donors (Lipinski definition) is 1. The Morgan fingerprint density at radius 2 is 1.69 bits per heavy atom. The Morgan fingerprint density at radius 3 is 2.28 bits per heavy atom. The Hall–Kier alpha value is -3.87. The fourth-order valence-corrected chi connectivity index (χ4v) is 3.17. The van der Waals surface area contributed by atoms with E-state index >= 15 is 0 Å². The highest BCUT2D eigenvalue weighted by molar-refractivity contribution is 6.24. The number of ether oxygens (including phenoxy) is 2. The first-order valence-corrected chi connectivity index (χ1v) is 8.71. The third-order valence-electron chi connectivity index (χ3n) is 4.58. The number of benzene rings is 2. The van der Waals surface area contributed by atoms with Crippen molar-refractivity contribution in [2.24, 2.45) is 0 Å². The number of aromatic carboxylic acids is 1.